The topological polar surface area (TPSA) is 98.2 Å². The van der Waals surface area contributed by atoms with E-state index in [0.29, 0.717) is 5.56 Å². The summed E-state index contributed by atoms with van der Waals surface area (Å²) in [7, 11) is 0. The van der Waals surface area contributed by atoms with E-state index in [1.165, 1.54) is 0 Å². The Labute approximate surface area is 118 Å². The number of benzene rings is 1. The van der Waals surface area contributed by atoms with Gasteiger partial charge in [0.15, 0.2) is 0 Å². The molecule has 0 bridgehead atoms. The number of hydrogen-bond donors (Lipinski definition) is 3. The van der Waals surface area contributed by atoms with Crippen LogP contribution < -0.4 is 16.8 Å². The van der Waals surface area contributed by atoms with Crippen LogP contribution in [-0.2, 0) is 4.79 Å². The first-order valence-corrected chi connectivity index (χ1v) is 6.94. The Bertz CT molecular complexity index is 520. The first-order valence-electron chi connectivity index (χ1n) is 6.94. The van der Waals surface area contributed by atoms with E-state index >= 15 is 0 Å². The summed E-state index contributed by atoms with van der Waals surface area (Å²) in [6.45, 7) is 1.85. The molecule has 1 aliphatic rings. The summed E-state index contributed by atoms with van der Waals surface area (Å²) < 4.78 is 0. The SMILES string of the molecule is Cc1cc(C(N)=O)ccc1NC(=O)C1CCC(N)CC1. The van der Waals surface area contributed by atoms with E-state index < -0.39 is 5.91 Å². The van der Waals surface area contributed by atoms with Crippen molar-refractivity contribution in [2.75, 3.05) is 5.32 Å². The summed E-state index contributed by atoms with van der Waals surface area (Å²) >= 11 is 0. The van der Waals surface area contributed by atoms with E-state index in [4.69, 9.17) is 11.5 Å². The Morgan fingerprint density at radius 2 is 1.85 bits per heavy atom. The molecule has 5 heteroatoms. The van der Waals surface area contributed by atoms with Gasteiger partial charge in [0.25, 0.3) is 0 Å². The molecule has 5 nitrogen and oxygen atoms in total. The van der Waals surface area contributed by atoms with E-state index in [1.54, 1.807) is 18.2 Å². The normalized spacial score (nSPS) is 22.3. The summed E-state index contributed by atoms with van der Waals surface area (Å²) in [4.78, 5) is 23.3. The third-order valence-corrected chi connectivity index (χ3v) is 3.91. The van der Waals surface area contributed by atoms with Crippen LogP contribution in [0.1, 0.15) is 41.6 Å². The zero-order valence-corrected chi connectivity index (χ0v) is 11.7. The average molecular weight is 275 g/mol. The fourth-order valence-corrected chi connectivity index (χ4v) is 2.57. The summed E-state index contributed by atoms with van der Waals surface area (Å²) in [6.07, 6.45) is 3.48. The van der Waals surface area contributed by atoms with Gasteiger partial charge in [0.1, 0.15) is 0 Å². The third-order valence-electron chi connectivity index (χ3n) is 3.91. The molecule has 5 N–H and O–H groups in total. The molecule has 20 heavy (non-hydrogen) atoms. The van der Waals surface area contributed by atoms with E-state index in [1.807, 2.05) is 6.92 Å². The minimum absolute atomic E-state index is 0.0324. The molecule has 1 aromatic rings. The maximum Gasteiger partial charge on any atom is 0.248 e. The van der Waals surface area contributed by atoms with Crippen molar-refractivity contribution in [2.24, 2.45) is 17.4 Å². The Hall–Kier alpha value is -1.88. The van der Waals surface area contributed by atoms with Gasteiger partial charge in [-0.25, -0.2) is 0 Å². The second kappa shape index (κ2) is 6.05. The van der Waals surface area contributed by atoms with Crippen molar-refractivity contribution in [3.05, 3.63) is 29.3 Å². The first-order chi connectivity index (χ1) is 9.47. The van der Waals surface area contributed by atoms with Crippen LogP contribution in [0.5, 0.6) is 0 Å². The predicted molar refractivity (Wildman–Crippen MR) is 78.3 cm³/mol. The number of nitrogens with two attached hydrogens (primary N) is 2. The lowest BCUT2D eigenvalue weighted by molar-refractivity contribution is -0.120. The molecule has 0 spiro atoms. The van der Waals surface area contributed by atoms with Gasteiger partial charge >= 0.3 is 0 Å². The van der Waals surface area contributed by atoms with E-state index in [-0.39, 0.29) is 17.9 Å². The van der Waals surface area contributed by atoms with Crippen LogP contribution in [-0.4, -0.2) is 17.9 Å². The van der Waals surface area contributed by atoms with Crippen molar-refractivity contribution in [3.63, 3.8) is 0 Å². The van der Waals surface area contributed by atoms with E-state index in [2.05, 4.69) is 5.32 Å². The predicted octanol–water partition coefficient (Wildman–Crippen LogP) is 1.55. The standard InChI is InChI=1S/C15H21N3O2/c1-9-8-11(14(17)19)4-7-13(9)18-15(20)10-2-5-12(16)6-3-10/h4,7-8,10,12H,2-3,5-6,16H2,1H3,(H2,17,19)(H,18,20). The molecule has 0 radical (unpaired) electrons. The molecule has 1 fully saturated rings. The van der Waals surface area contributed by atoms with Crippen molar-refractivity contribution >= 4 is 17.5 Å². The number of primary amides is 1. The highest BCUT2D eigenvalue weighted by molar-refractivity contribution is 5.96. The monoisotopic (exact) mass is 275 g/mol. The molecule has 1 saturated carbocycles. The number of amides is 2. The molecule has 0 aromatic heterocycles. The first kappa shape index (κ1) is 14.5. The lowest BCUT2D eigenvalue weighted by Crippen LogP contribution is -2.32. The summed E-state index contributed by atoms with van der Waals surface area (Å²) in [5.74, 6) is -0.399. The molecule has 0 aliphatic heterocycles. The van der Waals surface area contributed by atoms with Crippen LogP contribution in [0, 0.1) is 12.8 Å². The van der Waals surface area contributed by atoms with E-state index in [0.717, 1.165) is 36.9 Å². The van der Waals surface area contributed by atoms with Crippen LogP contribution in [0.4, 0.5) is 5.69 Å². The zero-order valence-electron chi connectivity index (χ0n) is 11.7. The highest BCUT2D eigenvalue weighted by Gasteiger charge is 2.24. The minimum atomic E-state index is -0.466. The third kappa shape index (κ3) is 3.36. The van der Waals surface area contributed by atoms with E-state index in [9.17, 15) is 9.59 Å². The van der Waals surface area contributed by atoms with Crippen LogP contribution >= 0.6 is 0 Å². The van der Waals surface area contributed by atoms with Crippen LogP contribution in [0.2, 0.25) is 0 Å². The fraction of sp³-hybridized carbons (Fsp3) is 0.467. The number of anilines is 1. The van der Waals surface area contributed by atoms with Gasteiger partial charge < -0.3 is 16.8 Å². The summed E-state index contributed by atoms with van der Waals surface area (Å²) in [5.41, 5.74) is 13.1. The van der Waals surface area contributed by atoms with Crippen molar-refractivity contribution in [1.82, 2.24) is 0 Å². The highest BCUT2D eigenvalue weighted by atomic mass is 16.2. The van der Waals surface area contributed by atoms with Gasteiger partial charge in [-0.1, -0.05) is 0 Å². The van der Waals surface area contributed by atoms with Crippen molar-refractivity contribution in [1.29, 1.82) is 0 Å². The molecule has 108 valence electrons. The Morgan fingerprint density at radius 1 is 1.20 bits per heavy atom. The van der Waals surface area contributed by atoms with Gasteiger partial charge in [0.2, 0.25) is 11.8 Å². The zero-order chi connectivity index (χ0) is 14.7. The van der Waals surface area contributed by atoms with Crippen molar-refractivity contribution < 1.29 is 9.59 Å². The van der Waals surface area contributed by atoms with Gasteiger partial charge in [-0.2, -0.15) is 0 Å². The number of aryl methyl sites for hydroxylation is 1. The number of nitrogens with one attached hydrogen (secondary N) is 1. The number of carbonyl (C=O) groups excluding carboxylic acids is 2. The van der Waals surface area contributed by atoms with Gasteiger partial charge in [0.05, 0.1) is 0 Å². The van der Waals surface area contributed by atoms with Gasteiger partial charge in [-0.15, -0.1) is 0 Å². The molecule has 2 amide bonds. The lowest BCUT2D eigenvalue weighted by Gasteiger charge is -2.25. The highest BCUT2D eigenvalue weighted by Crippen LogP contribution is 2.25. The van der Waals surface area contributed by atoms with Gasteiger partial charge in [0, 0.05) is 23.2 Å². The fourth-order valence-electron chi connectivity index (χ4n) is 2.57. The Morgan fingerprint density at radius 3 is 2.40 bits per heavy atom. The number of rotatable bonds is 3. The van der Waals surface area contributed by atoms with Crippen LogP contribution in [0.15, 0.2) is 18.2 Å². The largest absolute Gasteiger partial charge is 0.366 e. The quantitative estimate of drug-likeness (QED) is 0.780. The molecule has 1 aromatic carbocycles. The van der Waals surface area contributed by atoms with Gasteiger partial charge in [-0.05, 0) is 56.4 Å². The molecule has 2 rings (SSSR count). The maximum absolute atomic E-state index is 12.2. The molecular weight excluding hydrogens is 254 g/mol. The Balaban J connectivity index is 2.02. The average Bonchev–Trinajstić information content (AvgIpc) is 2.41. The molecule has 0 unspecified atom stereocenters. The van der Waals surface area contributed by atoms with Crippen LogP contribution in [0.3, 0.4) is 0 Å². The van der Waals surface area contributed by atoms with Gasteiger partial charge in [-0.3, -0.25) is 9.59 Å². The maximum atomic E-state index is 12.2. The van der Waals surface area contributed by atoms with Crippen LogP contribution in [0.25, 0.3) is 0 Å². The Kier molecular flexibility index (Phi) is 4.39. The molecule has 0 atom stereocenters. The smallest absolute Gasteiger partial charge is 0.248 e. The number of hydrogen-bond acceptors (Lipinski definition) is 3. The lowest BCUT2D eigenvalue weighted by atomic mass is 9.86. The molecular formula is C15H21N3O2. The second-order valence-corrected chi connectivity index (χ2v) is 5.49. The second-order valence-electron chi connectivity index (χ2n) is 5.49. The van der Waals surface area contributed by atoms with Crippen molar-refractivity contribution in [2.45, 2.75) is 38.6 Å². The molecule has 0 heterocycles. The number of carbonyl (C=O) groups is 2. The molecule has 1 aliphatic carbocycles. The minimum Gasteiger partial charge on any atom is -0.366 e. The summed E-state index contributed by atoms with van der Waals surface area (Å²) in [5, 5.41) is 2.93. The summed E-state index contributed by atoms with van der Waals surface area (Å²) in [6, 6.07) is 5.27. The van der Waals surface area contributed by atoms with Crippen molar-refractivity contribution in [3.8, 4) is 0 Å². The molecule has 0 saturated heterocycles.